The van der Waals surface area contributed by atoms with Gasteiger partial charge >= 0.3 is 0 Å². The minimum absolute atomic E-state index is 0.183. The molecule has 0 heterocycles. The molecule has 1 aromatic rings. The highest BCUT2D eigenvalue weighted by Gasteiger charge is 2.28. The van der Waals surface area contributed by atoms with Crippen LogP contribution in [0.2, 0.25) is 0 Å². The Morgan fingerprint density at radius 2 is 1.94 bits per heavy atom. The molecular formula is C13H18FNO. The van der Waals surface area contributed by atoms with Crippen LogP contribution in [0.25, 0.3) is 0 Å². The Bertz CT molecular complexity index is 321. The van der Waals surface area contributed by atoms with Gasteiger partial charge in [0.25, 0.3) is 0 Å². The van der Waals surface area contributed by atoms with Crippen molar-refractivity contribution in [3.8, 4) is 0 Å². The first-order valence-electron chi connectivity index (χ1n) is 5.89. The Morgan fingerprint density at radius 1 is 1.25 bits per heavy atom. The largest absolute Gasteiger partial charge is 0.396 e. The molecule has 0 amide bonds. The fourth-order valence-electron chi connectivity index (χ4n) is 1.93. The second-order valence-electron chi connectivity index (χ2n) is 4.41. The lowest BCUT2D eigenvalue weighted by atomic mass is 10.2. The maximum atomic E-state index is 12.8. The number of hydrogen-bond donors (Lipinski definition) is 1. The molecule has 0 unspecified atom stereocenters. The van der Waals surface area contributed by atoms with E-state index < -0.39 is 0 Å². The van der Waals surface area contributed by atoms with Gasteiger partial charge in [-0.2, -0.15) is 0 Å². The second kappa shape index (κ2) is 5.41. The molecule has 1 aliphatic carbocycles. The van der Waals surface area contributed by atoms with Gasteiger partial charge in [-0.05, 0) is 37.0 Å². The van der Waals surface area contributed by atoms with Crippen LogP contribution in [0.4, 0.5) is 4.39 Å². The van der Waals surface area contributed by atoms with Gasteiger partial charge in [0.1, 0.15) is 5.82 Å². The highest BCUT2D eigenvalue weighted by atomic mass is 19.1. The summed E-state index contributed by atoms with van der Waals surface area (Å²) in [6, 6.07) is 7.36. The lowest BCUT2D eigenvalue weighted by Gasteiger charge is -2.21. The monoisotopic (exact) mass is 223 g/mol. The quantitative estimate of drug-likeness (QED) is 0.799. The van der Waals surface area contributed by atoms with E-state index in [1.54, 1.807) is 0 Å². The number of aliphatic hydroxyl groups is 1. The molecule has 0 aliphatic heterocycles. The molecule has 1 saturated carbocycles. The summed E-state index contributed by atoms with van der Waals surface area (Å²) < 4.78 is 12.8. The lowest BCUT2D eigenvalue weighted by Crippen LogP contribution is -2.27. The number of rotatable bonds is 6. The van der Waals surface area contributed by atoms with Crippen LogP contribution >= 0.6 is 0 Å². The van der Waals surface area contributed by atoms with Crippen molar-refractivity contribution in [2.24, 2.45) is 0 Å². The predicted octanol–water partition coefficient (Wildman–Crippen LogP) is 2.17. The molecule has 0 radical (unpaired) electrons. The first-order valence-corrected chi connectivity index (χ1v) is 5.89. The Kier molecular flexibility index (Phi) is 3.91. The summed E-state index contributed by atoms with van der Waals surface area (Å²) >= 11 is 0. The molecule has 1 aliphatic rings. The molecule has 1 fully saturated rings. The van der Waals surface area contributed by atoms with Crippen LogP contribution in [0.5, 0.6) is 0 Å². The molecule has 1 N–H and O–H groups in total. The van der Waals surface area contributed by atoms with Gasteiger partial charge in [0.05, 0.1) is 0 Å². The third-order valence-electron chi connectivity index (χ3n) is 2.97. The van der Waals surface area contributed by atoms with Crippen LogP contribution < -0.4 is 0 Å². The Labute approximate surface area is 95.7 Å². The number of benzene rings is 1. The topological polar surface area (TPSA) is 23.5 Å². The maximum Gasteiger partial charge on any atom is 0.123 e. The van der Waals surface area contributed by atoms with E-state index in [0.717, 1.165) is 25.1 Å². The van der Waals surface area contributed by atoms with Crippen molar-refractivity contribution in [3.63, 3.8) is 0 Å². The number of hydrogen-bond acceptors (Lipinski definition) is 2. The highest BCUT2D eigenvalue weighted by Crippen LogP contribution is 2.28. The summed E-state index contributed by atoms with van der Waals surface area (Å²) in [6.45, 7) is 2.04. The van der Waals surface area contributed by atoms with Crippen LogP contribution in [-0.4, -0.2) is 29.2 Å². The summed E-state index contributed by atoms with van der Waals surface area (Å²) in [6.07, 6.45) is 3.33. The van der Waals surface area contributed by atoms with E-state index in [-0.39, 0.29) is 12.4 Å². The van der Waals surface area contributed by atoms with Crippen LogP contribution in [0.3, 0.4) is 0 Å². The average molecular weight is 223 g/mol. The van der Waals surface area contributed by atoms with Crippen molar-refractivity contribution >= 4 is 0 Å². The van der Waals surface area contributed by atoms with E-state index in [1.807, 2.05) is 12.1 Å². The third-order valence-corrected chi connectivity index (χ3v) is 2.97. The van der Waals surface area contributed by atoms with Crippen molar-refractivity contribution in [1.29, 1.82) is 0 Å². The Morgan fingerprint density at radius 3 is 2.50 bits per heavy atom. The van der Waals surface area contributed by atoms with Gasteiger partial charge in [-0.25, -0.2) is 4.39 Å². The molecule has 0 aromatic heterocycles. The van der Waals surface area contributed by atoms with Gasteiger partial charge < -0.3 is 5.11 Å². The Hall–Kier alpha value is -0.930. The molecule has 88 valence electrons. The summed E-state index contributed by atoms with van der Waals surface area (Å²) in [5.74, 6) is -0.183. The van der Waals surface area contributed by atoms with Crippen molar-refractivity contribution in [2.75, 3.05) is 13.2 Å². The zero-order valence-electron chi connectivity index (χ0n) is 9.40. The highest BCUT2D eigenvalue weighted by molar-refractivity contribution is 5.16. The van der Waals surface area contributed by atoms with Gasteiger partial charge in [0, 0.05) is 25.7 Å². The molecule has 2 nitrogen and oxygen atoms in total. The fraction of sp³-hybridized carbons (Fsp3) is 0.538. The molecule has 1 aromatic carbocycles. The van der Waals surface area contributed by atoms with Gasteiger partial charge in [0.2, 0.25) is 0 Å². The predicted molar refractivity (Wildman–Crippen MR) is 61.5 cm³/mol. The smallest absolute Gasteiger partial charge is 0.123 e. The summed E-state index contributed by atoms with van der Waals surface area (Å²) in [4.78, 5) is 2.38. The molecule has 0 saturated heterocycles. The van der Waals surface area contributed by atoms with Crippen molar-refractivity contribution in [3.05, 3.63) is 35.6 Å². The first kappa shape index (κ1) is 11.6. The average Bonchev–Trinajstić information content (AvgIpc) is 3.11. The van der Waals surface area contributed by atoms with E-state index >= 15 is 0 Å². The minimum atomic E-state index is -0.183. The molecule has 0 spiro atoms. The van der Waals surface area contributed by atoms with E-state index in [0.29, 0.717) is 6.04 Å². The van der Waals surface area contributed by atoms with Crippen LogP contribution in [0.1, 0.15) is 24.8 Å². The summed E-state index contributed by atoms with van der Waals surface area (Å²) in [7, 11) is 0. The van der Waals surface area contributed by atoms with Gasteiger partial charge in [-0.15, -0.1) is 0 Å². The van der Waals surface area contributed by atoms with E-state index in [2.05, 4.69) is 4.90 Å². The lowest BCUT2D eigenvalue weighted by molar-refractivity contribution is 0.211. The standard InChI is InChI=1S/C13H18FNO/c14-12-4-2-11(3-5-12)10-15(8-1-9-16)13-6-7-13/h2-5,13,16H,1,6-10H2. The molecule has 16 heavy (non-hydrogen) atoms. The Balaban J connectivity index is 1.91. The SMILES string of the molecule is OCCCN(Cc1ccc(F)cc1)C1CC1. The molecule has 2 rings (SSSR count). The fourth-order valence-corrected chi connectivity index (χ4v) is 1.93. The number of halogens is 1. The summed E-state index contributed by atoms with van der Waals surface area (Å²) in [5.41, 5.74) is 1.14. The van der Waals surface area contributed by atoms with Crippen molar-refractivity contribution < 1.29 is 9.50 Å². The number of nitrogens with zero attached hydrogens (tertiary/aromatic N) is 1. The van der Waals surface area contributed by atoms with Crippen LogP contribution in [-0.2, 0) is 6.54 Å². The molecule has 0 atom stereocenters. The van der Waals surface area contributed by atoms with Gasteiger partial charge in [-0.3, -0.25) is 4.90 Å². The summed E-state index contributed by atoms with van der Waals surface area (Å²) in [5, 5.41) is 8.84. The van der Waals surface area contributed by atoms with Crippen LogP contribution in [0.15, 0.2) is 24.3 Å². The first-order chi connectivity index (χ1) is 7.79. The van der Waals surface area contributed by atoms with Gasteiger partial charge in [-0.1, -0.05) is 12.1 Å². The van der Waals surface area contributed by atoms with Crippen molar-refractivity contribution in [2.45, 2.75) is 31.8 Å². The van der Waals surface area contributed by atoms with E-state index in [4.69, 9.17) is 5.11 Å². The normalized spacial score (nSPS) is 15.7. The zero-order valence-corrected chi connectivity index (χ0v) is 9.40. The van der Waals surface area contributed by atoms with Crippen molar-refractivity contribution in [1.82, 2.24) is 4.90 Å². The second-order valence-corrected chi connectivity index (χ2v) is 4.41. The van der Waals surface area contributed by atoms with Crippen LogP contribution in [0, 0.1) is 5.82 Å². The minimum Gasteiger partial charge on any atom is -0.396 e. The van der Waals surface area contributed by atoms with E-state index in [9.17, 15) is 4.39 Å². The molecule has 0 bridgehead atoms. The maximum absolute atomic E-state index is 12.8. The third kappa shape index (κ3) is 3.29. The zero-order chi connectivity index (χ0) is 11.4. The number of aliphatic hydroxyl groups excluding tert-OH is 1. The van der Waals surface area contributed by atoms with Gasteiger partial charge in [0.15, 0.2) is 0 Å². The van der Waals surface area contributed by atoms with E-state index in [1.165, 1.54) is 25.0 Å². The molecular weight excluding hydrogens is 205 g/mol. The molecule has 3 heteroatoms.